The lowest BCUT2D eigenvalue weighted by Gasteiger charge is -2.30. The van der Waals surface area contributed by atoms with E-state index in [2.05, 4.69) is 0 Å². The van der Waals surface area contributed by atoms with E-state index in [9.17, 15) is 18.0 Å². The molecule has 162 valence electrons. The monoisotopic (exact) mass is 469 g/mol. The van der Waals surface area contributed by atoms with Gasteiger partial charge in [-0.25, -0.2) is 13.2 Å². The van der Waals surface area contributed by atoms with Gasteiger partial charge < -0.3 is 4.74 Å². The van der Waals surface area contributed by atoms with E-state index in [0.717, 1.165) is 12.8 Å². The van der Waals surface area contributed by atoms with Gasteiger partial charge in [-0.2, -0.15) is 4.31 Å². The fraction of sp³-hybridized carbons (Fsp3) is 0.429. The number of thiophene rings is 1. The molecular formula is C21H24ClNO5S2. The van der Waals surface area contributed by atoms with Crippen LogP contribution < -0.4 is 0 Å². The summed E-state index contributed by atoms with van der Waals surface area (Å²) >= 11 is 7.54. The van der Waals surface area contributed by atoms with Crippen LogP contribution in [0.25, 0.3) is 0 Å². The Bertz CT molecular complexity index is 1000. The van der Waals surface area contributed by atoms with Gasteiger partial charge in [0.15, 0.2) is 5.78 Å². The lowest BCUT2D eigenvalue weighted by Crippen LogP contribution is -2.39. The van der Waals surface area contributed by atoms with Gasteiger partial charge in [-0.05, 0) is 54.8 Å². The number of ether oxygens (including phenoxy) is 1. The highest BCUT2D eigenvalue weighted by Gasteiger charge is 2.31. The number of carbonyl (C=O) groups excluding carboxylic acids is 2. The Morgan fingerprint density at radius 2 is 2.10 bits per heavy atom. The van der Waals surface area contributed by atoms with Crippen LogP contribution in [0, 0.1) is 5.92 Å². The minimum atomic E-state index is -3.79. The van der Waals surface area contributed by atoms with Crippen LogP contribution in [0.1, 0.15) is 52.6 Å². The van der Waals surface area contributed by atoms with Gasteiger partial charge in [0.25, 0.3) is 0 Å². The van der Waals surface area contributed by atoms with E-state index >= 15 is 0 Å². The number of sulfonamides is 1. The molecule has 3 rings (SSSR count). The summed E-state index contributed by atoms with van der Waals surface area (Å²) < 4.78 is 32.7. The molecule has 1 aromatic heterocycles. The molecule has 9 heteroatoms. The zero-order valence-corrected chi connectivity index (χ0v) is 19.1. The Balaban J connectivity index is 1.62. The molecule has 30 heavy (non-hydrogen) atoms. The first-order valence-electron chi connectivity index (χ1n) is 9.82. The Labute approximate surface area is 185 Å². The molecule has 1 aliphatic rings. The van der Waals surface area contributed by atoms with Crippen molar-refractivity contribution < 1.29 is 22.7 Å². The minimum Gasteiger partial charge on any atom is -0.462 e. The zero-order chi connectivity index (χ0) is 21.7. The van der Waals surface area contributed by atoms with Crippen LogP contribution in [0.5, 0.6) is 0 Å². The molecule has 0 radical (unpaired) electrons. The average molecular weight is 470 g/mol. The van der Waals surface area contributed by atoms with Crippen molar-refractivity contribution in [2.75, 3.05) is 19.7 Å². The van der Waals surface area contributed by atoms with Crippen molar-refractivity contribution in [1.82, 2.24) is 4.31 Å². The van der Waals surface area contributed by atoms with Crippen molar-refractivity contribution >= 4 is 44.7 Å². The van der Waals surface area contributed by atoms with Crippen molar-refractivity contribution in [1.29, 1.82) is 0 Å². The van der Waals surface area contributed by atoms with Crippen molar-refractivity contribution in [3.8, 4) is 0 Å². The molecule has 1 aromatic carbocycles. The van der Waals surface area contributed by atoms with Gasteiger partial charge in [0.1, 0.15) is 4.90 Å². The van der Waals surface area contributed by atoms with Crippen LogP contribution in [-0.4, -0.2) is 44.2 Å². The fourth-order valence-electron chi connectivity index (χ4n) is 3.37. The number of hydrogen-bond donors (Lipinski definition) is 0. The third-order valence-electron chi connectivity index (χ3n) is 4.98. The summed E-state index contributed by atoms with van der Waals surface area (Å²) in [7, 11) is -3.79. The number of ketones is 1. The standard InChI is InChI=1S/C21H24ClNO5S2/c1-15-5-2-10-23(14-15)30(26,27)20-13-16(8-9-17(20)22)21(25)28-11-3-6-18(24)19-7-4-12-29-19/h4,7-9,12-13,15H,2-3,5-6,10-11,14H2,1H3. The van der Waals surface area contributed by atoms with Crippen LogP contribution >= 0.6 is 22.9 Å². The highest BCUT2D eigenvalue weighted by Crippen LogP contribution is 2.29. The van der Waals surface area contributed by atoms with E-state index in [-0.39, 0.29) is 40.2 Å². The highest BCUT2D eigenvalue weighted by atomic mass is 35.5. The van der Waals surface area contributed by atoms with Gasteiger partial charge >= 0.3 is 5.97 Å². The van der Waals surface area contributed by atoms with E-state index in [0.29, 0.717) is 24.4 Å². The minimum absolute atomic E-state index is 0.0108. The predicted molar refractivity (Wildman–Crippen MR) is 117 cm³/mol. The second-order valence-corrected chi connectivity index (χ2v) is 10.7. The normalized spacial score (nSPS) is 17.6. The smallest absolute Gasteiger partial charge is 0.338 e. The quantitative estimate of drug-likeness (QED) is 0.319. The molecule has 1 atom stereocenters. The maximum atomic E-state index is 13.0. The van der Waals surface area contributed by atoms with Crippen LogP contribution in [0.2, 0.25) is 5.02 Å². The van der Waals surface area contributed by atoms with Crippen LogP contribution in [-0.2, 0) is 14.8 Å². The third kappa shape index (κ3) is 5.49. The average Bonchev–Trinajstić information content (AvgIpc) is 3.26. The summed E-state index contributed by atoms with van der Waals surface area (Å²) in [6, 6.07) is 7.69. The SMILES string of the molecule is CC1CCCN(S(=O)(=O)c2cc(C(=O)OCCCC(=O)c3cccs3)ccc2Cl)C1. The van der Waals surface area contributed by atoms with Crippen molar-refractivity contribution in [3.05, 3.63) is 51.2 Å². The maximum Gasteiger partial charge on any atom is 0.338 e. The number of rotatable bonds is 8. The topological polar surface area (TPSA) is 80.8 Å². The van der Waals surface area contributed by atoms with Gasteiger partial charge in [0.05, 0.1) is 22.1 Å². The number of piperidine rings is 1. The number of nitrogens with zero attached hydrogens (tertiary/aromatic N) is 1. The number of esters is 1. The van der Waals surface area contributed by atoms with Gasteiger partial charge in [0.2, 0.25) is 10.0 Å². The van der Waals surface area contributed by atoms with Crippen LogP contribution in [0.15, 0.2) is 40.6 Å². The molecule has 2 aromatic rings. The van der Waals surface area contributed by atoms with E-state index in [4.69, 9.17) is 16.3 Å². The molecule has 2 heterocycles. The van der Waals surface area contributed by atoms with Gasteiger partial charge in [0, 0.05) is 19.5 Å². The molecule has 0 N–H and O–H groups in total. The molecule has 0 spiro atoms. The van der Waals surface area contributed by atoms with Crippen LogP contribution in [0.3, 0.4) is 0 Å². The lowest BCUT2D eigenvalue weighted by atomic mass is 10.0. The van der Waals surface area contributed by atoms with Crippen molar-refractivity contribution in [2.24, 2.45) is 5.92 Å². The Hall–Kier alpha value is -1.74. The number of hydrogen-bond acceptors (Lipinski definition) is 6. The maximum absolute atomic E-state index is 13.0. The van der Waals surface area contributed by atoms with E-state index in [1.165, 1.54) is 33.8 Å². The lowest BCUT2D eigenvalue weighted by molar-refractivity contribution is 0.0494. The molecule has 1 aliphatic heterocycles. The van der Waals surface area contributed by atoms with Gasteiger partial charge in [-0.15, -0.1) is 11.3 Å². The molecule has 0 amide bonds. The number of carbonyl (C=O) groups is 2. The summed E-state index contributed by atoms with van der Waals surface area (Å²) in [4.78, 5) is 24.9. The number of halogens is 1. The summed E-state index contributed by atoms with van der Waals surface area (Å²) in [5.41, 5.74) is 0.118. The summed E-state index contributed by atoms with van der Waals surface area (Å²) in [6.07, 6.45) is 2.46. The predicted octanol–water partition coefficient (Wildman–Crippen LogP) is 4.64. The summed E-state index contributed by atoms with van der Waals surface area (Å²) in [5, 5.41) is 1.91. The Morgan fingerprint density at radius 1 is 1.30 bits per heavy atom. The molecule has 1 unspecified atom stereocenters. The van der Waals surface area contributed by atoms with E-state index < -0.39 is 16.0 Å². The first-order chi connectivity index (χ1) is 14.3. The van der Waals surface area contributed by atoms with E-state index in [1.54, 1.807) is 6.07 Å². The number of Topliss-reactive ketones (excluding diaryl/α,β-unsaturated/α-hetero) is 1. The molecule has 0 bridgehead atoms. The molecule has 1 fully saturated rings. The van der Waals surface area contributed by atoms with Crippen molar-refractivity contribution in [3.63, 3.8) is 0 Å². The summed E-state index contributed by atoms with van der Waals surface area (Å²) in [6.45, 7) is 2.96. The number of benzene rings is 1. The molecular weight excluding hydrogens is 446 g/mol. The van der Waals surface area contributed by atoms with Crippen molar-refractivity contribution in [2.45, 2.75) is 37.5 Å². The third-order valence-corrected chi connectivity index (χ3v) is 8.24. The molecule has 0 aliphatic carbocycles. The van der Waals surface area contributed by atoms with Gasteiger partial charge in [-0.1, -0.05) is 24.6 Å². The first-order valence-corrected chi connectivity index (χ1v) is 12.5. The highest BCUT2D eigenvalue weighted by molar-refractivity contribution is 7.89. The largest absolute Gasteiger partial charge is 0.462 e. The second kappa shape index (κ2) is 10.0. The van der Waals surface area contributed by atoms with Gasteiger partial charge in [-0.3, -0.25) is 4.79 Å². The molecule has 1 saturated heterocycles. The second-order valence-electron chi connectivity index (χ2n) is 7.40. The molecule has 6 nitrogen and oxygen atoms in total. The zero-order valence-electron chi connectivity index (χ0n) is 16.7. The fourth-order valence-corrected chi connectivity index (χ4v) is 6.17. The Kier molecular flexibility index (Phi) is 7.68. The summed E-state index contributed by atoms with van der Waals surface area (Å²) in [5.74, 6) is -0.354. The first kappa shape index (κ1) is 22.9. The van der Waals surface area contributed by atoms with Crippen LogP contribution in [0.4, 0.5) is 0 Å². The molecule has 0 saturated carbocycles. The Morgan fingerprint density at radius 3 is 2.80 bits per heavy atom. The van der Waals surface area contributed by atoms with E-state index in [1.807, 2.05) is 18.4 Å².